The number of hydrazine groups is 1. The average Bonchev–Trinajstić information content (AvgIpc) is 2.65. The van der Waals surface area contributed by atoms with Crippen LogP contribution in [0.25, 0.3) is 0 Å². The monoisotopic (exact) mass is 192 g/mol. The zero-order valence-electron chi connectivity index (χ0n) is 8.27. The van der Waals surface area contributed by atoms with E-state index in [0.717, 1.165) is 12.0 Å². The van der Waals surface area contributed by atoms with Crippen LogP contribution in [0, 0.1) is 0 Å². The molecule has 3 unspecified atom stereocenters. The Labute approximate surface area is 84.1 Å². The largest absolute Gasteiger partial charge is 0.387 e. The van der Waals surface area contributed by atoms with Crippen molar-refractivity contribution in [1.29, 1.82) is 0 Å². The Balaban J connectivity index is 2.05. The molecule has 3 heteroatoms. The molecule has 0 amide bonds. The summed E-state index contributed by atoms with van der Waals surface area (Å²) >= 11 is 0. The first-order valence-corrected chi connectivity index (χ1v) is 5.01. The molecule has 76 valence electrons. The molecule has 1 heterocycles. The first-order chi connectivity index (χ1) is 6.77. The van der Waals surface area contributed by atoms with Crippen LogP contribution in [0.2, 0.25) is 0 Å². The predicted octanol–water partition coefficient (Wildman–Crippen LogP) is 0.975. The van der Waals surface area contributed by atoms with Crippen molar-refractivity contribution in [2.75, 3.05) is 0 Å². The molecule has 1 aliphatic rings. The lowest BCUT2D eigenvalue weighted by Crippen LogP contribution is -2.35. The van der Waals surface area contributed by atoms with E-state index in [0.29, 0.717) is 6.04 Å². The second kappa shape index (κ2) is 4.09. The van der Waals surface area contributed by atoms with Crippen LogP contribution in [-0.2, 0) is 0 Å². The Morgan fingerprint density at radius 3 is 2.57 bits per heavy atom. The van der Waals surface area contributed by atoms with E-state index in [9.17, 15) is 5.11 Å². The van der Waals surface area contributed by atoms with Gasteiger partial charge in [0.2, 0.25) is 0 Å². The highest BCUT2D eigenvalue weighted by Gasteiger charge is 2.27. The van der Waals surface area contributed by atoms with Gasteiger partial charge in [-0.15, -0.1) is 0 Å². The van der Waals surface area contributed by atoms with E-state index in [-0.39, 0.29) is 6.04 Å². The molecule has 0 aliphatic carbocycles. The van der Waals surface area contributed by atoms with E-state index < -0.39 is 6.10 Å². The summed E-state index contributed by atoms with van der Waals surface area (Å²) in [7, 11) is 0. The average molecular weight is 192 g/mol. The van der Waals surface area contributed by atoms with E-state index in [4.69, 9.17) is 0 Å². The number of benzene rings is 1. The van der Waals surface area contributed by atoms with Crippen molar-refractivity contribution in [3.05, 3.63) is 35.9 Å². The van der Waals surface area contributed by atoms with Crippen LogP contribution in [0.4, 0.5) is 0 Å². The van der Waals surface area contributed by atoms with Gasteiger partial charge in [-0.2, -0.15) is 0 Å². The van der Waals surface area contributed by atoms with Crippen LogP contribution in [0.5, 0.6) is 0 Å². The molecular weight excluding hydrogens is 176 g/mol. The second-order valence-corrected chi connectivity index (χ2v) is 3.89. The minimum absolute atomic E-state index is 0.118. The van der Waals surface area contributed by atoms with Gasteiger partial charge in [-0.3, -0.25) is 10.9 Å². The normalized spacial score (nSPS) is 29.0. The third-order valence-corrected chi connectivity index (χ3v) is 2.64. The molecule has 1 saturated heterocycles. The van der Waals surface area contributed by atoms with Crippen molar-refractivity contribution in [2.45, 2.75) is 31.5 Å². The number of aliphatic hydroxyl groups is 1. The Bertz CT molecular complexity index is 289. The summed E-state index contributed by atoms with van der Waals surface area (Å²) < 4.78 is 0. The minimum Gasteiger partial charge on any atom is -0.387 e. The molecule has 1 aromatic carbocycles. The molecule has 0 bridgehead atoms. The molecule has 3 N–H and O–H groups in total. The van der Waals surface area contributed by atoms with Crippen LogP contribution < -0.4 is 10.9 Å². The van der Waals surface area contributed by atoms with Crippen molar-refractivity contribution < 1.29 is 5.11 Å². The number of rotatable bonds is 2. The van der Waals surface area contributed by atoms with Crippen molar-refractivity contribution in [1.82, 2.24) is 10.9 Å². The van der Waals surface area contributed by atoms with Crippen LogP contribution in [0.3, 0.4) is 0 Å². The molecule has 3 atom stereocenters. The van der Waals surface area contributed by atoms with Crippen LogP contribution >= 0.6 is 0 Å². The second-order valence-electron chi connectivity index (χ2n) is 3.89. The van der Waals surface area contributed by atoms with E-state index in [1.165, 1.54) is 0 Å². The molecule has 14 heavy (non-hydrogen) atoms. The summed E-state index contributed by atoms with van der Waals surface area (Å²) in [6, 6.07) is 10.3. The fourth-order valence-electron chi connectivity index (χ4n) is 1.84. The first-order valence-electron chi connectivity index (χ1n) is 5.01. The smallest absolute Gasteiger partial charge is 0.0957 e. The molecule has 0 spiro atoms. The van der Waals surface area contributed by atoms with Gasteiger partial charge in [-0.05, 0) is 18.9 Å². The maximum absolute atomic E-state index is 10.0. The number of hydrogen-bond donors (Lipinski definition) is 3. The van der Waals surface area contributed by atoms with Gasteiger partial charge in [0.1, 0.15) is 0 Å². The van der Waals surface area contributed by atoms with Gasteiger partial charge in [0.15, 0.2) is 0 Å². The van der Waals surface area contributed by atoms with Crippen LogP contribution in [0.1, 0.15) is 25.0 Å². The fourth-order valence-corrected chi connectivity index (χ4v) is 1.84. The highest BCUT2D eigenvalue weighted by molar-refractivity contribution is 5.19. The van der Waals surface area contributed by atoms with E-state index in [2.05, 4.69) is 17.8 Å². The lowest BCUT2D eigenvalue weighted by atomic mass is 9.99. The van der Waals surface area contributed by atoms with E-state index >= 15 is 0 Å². The van der Waals surface area contributed by atoms with Gasteiger partial charge < -0.3 is 5.11 Å². The van der Waals surface area contributed by atoms with Gasteiger partial charge in [0.05, 0.1) is 12.1 Å². The van der Waals surface area contributed by atoms with Gasteiger partial charge in [-0.25, -0.2) is 0 Å². The maximum atomic E-state index is 10.0. The molecule has 2 rings (SSSR count). The highest BCUT2D eigenvalue weighted by atomic mass is 16.3. The standard InChI is InChI=1S/C11H16N2O/c1-8-7-10(13-12-8)11(14)9-5-3-2-4-6-9/h2-6,8,10-14H,7H2,1H3. The third kappa shape index (κ3) is 1.95. The van der Waals surface area contributed by atoms with Gasteiger partial charge >= 0.3 is 0 Å². The fraction of sp³-hybridized carbons (Fsp3) is 0.455. The summed E-state index contributed by atoms with van der Waals surface area (Å²) in [5.74, 6) is 0. The maximum Gasteiger partial charge on any atom is 0.0957 e. The quantitative estimate of drug-likeness (QED) is 0.654. The SMILES string of the molecule is CC1CC(C(O)c2ccccc2)NN1. The zero-order valence-corrected chi connectivity index (χ0v) is 8.27. The minimum atomic E-state index is -0.423. The third-order valence-electron chi connectivity index (χ3n) is 2.64. The Hall–Kier alpha value is -0.900. The molecule has 0 radical (unpaired) electrons. The molecule has 1 aromatic rings. The molecule has 0 saturated carbocycles. The summed E-state index contributed by atoms with van der Waals surface area (Å²) in [4.78, 5) is 0. The summed E-state index contributed by atoms with van der Waals surface area (Å²) in [6.45, 7) is 2.10. The lowest BCUT2D eigenvalue weighted by Gasteiger charge is -2.17. The van der Waals surface area contributed by atoms with Crippen LogP contribution in [0.15, 0.2) is 30.3 Å². The topological polar surface area (TPSA) is 44.3 Å². The summed E-state index contributed by atoms with van der Waals surface area (Å²) in [6.07, 6.45) is 0.532. The highest BCUT2D eigenvalue weighted by Crippen LogP contribution is 2.21. The van der Waals surface area contributed by atoms with Crippen LogP contribution in [-0.4, -0.2) is 17.2 Å². The Kier molecular flexibility index (Phi) is 2.82. The van der Waals surface area contributed by atoms with Gasteiger partial charge in [0, 0.05) is 6.04 Å². The van der Waals surface area contributed by atoms with Crippen molar-refractivity contribution in [3.8, 4) is 0 Å². The van der Waals surface area contributed by atoms with Crippen molar-refractivity contribution in [3.63, 3.8) is 0 Å². The Morgan fingerprint density at radius 2 is 2.00 bits per heavy atom. The number of hydrogen-bond acceptors (Lipinski definition) is 3. The van der Waals surface area contributed by atoms with Crippen molar-refractivity contribution >= 4 is 0 Å². The number of aliphatic hydroxyl groups excluding tert-OH is 1. The predicted molar refractivity (Wildman–Crippen MR) is 55.5 cm³/mol. The van der Waals surface area contributed by atoms with Gasteiger partial charge in [0.25, 0.3) is 0 Å². The van der Waals surface area contributed by atoms with Gasteiger partial charge in [-0.1, -0.05) is 30.3 Å². The molecular formula is C11H16N2O. The van der Waals surface area contributed by atoms with Crippen molar-refractivity contribution in [2.24, 2.45) is 0 Å². The number of nitrogens with one attached hydrogen (secondary N) is 2. The molecule has 3 nitrogen and oxygen atoms in total. The zero-order chi connectivity index (χ0) is 9.97. The lowest BCUT2D eigenvalue weighted by molar-refractivity contribution is 0.134. The molecule has 1 aliphatic heterocycles. The summed E-state index contributed by atoms with van der Waals surface area (Å²) in [5, 5.41) is 10.0. The first kappa shape index (κ1) is 9.65. The molecule has 1 fully saturated rings. The molecule has 0 aromatic heterocycles. The van der Waals surface area contributed by atoms with E-state index in [1.54, 1.807) is 0 Å². The Morgan fingerprint density at radius 1 is 1.29 bits per heavy atom. The van der Waals surface area contributed by atoms with E-state index in [1.807, 2.05) is 30.3 Å². The summed E-state index contributed by atoms with van der Waals surface area (Å²) in [5.41, 5.74) is 7.19.